The van der Waals surface area contributed by atoms with E-state index in [2.05, 4.69) is 10.4 Å². The maximum atomic E-state index is 11.6. The van der Waals surface area contributed by atoms with Crippen LogP contribution in [0.15, 0.2) is 28.9 Å². The average Bonchev–Trinajstić information content (AvgIpc) is 2.94. The largest absolute Gasteiger partial charge is 0.475 e. The van der Waals surface area contributed by atoms with Gasteiger partial charge in [-0.3, -0.25) is 9.48 Å². The molecule has 2 N–H and O–H groups in total. The van der Waals surface area contributed by atoms with Crippen molar-refractivity contribution in [2.24, 2.45) is 7.05 Å². The Bertz CT molecular complexity index is 585. The Balaban J connectivity index is 1.95. The van der Waals surface area contributed by atoms with Gasteiger partial charge < -0.3 is 14.8 Å². The van der Waals surface area contributed by atoms with Gasteiger partial charge >= 0.3 is 5.97 Å². The fraction of sp³-hybridized carbons (Fsp3) is 0.182. The van der Waals surface area contributed by atoms with E-state index in [1.807, 2.05) is 0 Å². The van der Waals surface area contributed by atoms with Gasteiger partial charge in [-0.15, -0.1) is 0 Å². The molecule has 0 bridgehead atoms. The molecule has 2 rings (SSSR count). The Kier molecular flexibility index (Phi) is 3.13. The summed E-state index contributed by atoms with van der Waals surface area (Å²) in [5.41, 5.74) is 0.433. The zero-order chi connectivity index (χ0) is 13.1. The third kappa shape index (κ3) is 2.57. The van der Waals surface area contributed by atoms with Gasteiger partial charge in [-0.2, -0.15) is 5.10 Å². The van der Waals surface area contributed by atoms with E-state index in [0.29, 0.717) is 11.3 Å². The van der Waals surface area contributed by atoms with Crippen molar-refractivity contribution in [3.8, 4) is 0 Å². The quantitative estimate of drug-likeness (QED) is 0.828. The molecule has 0 aromatic carbocycles. The standard InChI is InChI=1S/C11H11N3O4/c1-14-6-7(4-13-14)10(15)12-5-8-2-3-9(18-8)11(16)17/h2-4,6H,5H2,1H3,(H,12,15)(H,16,17). The van der Waals surface area contributed by atoms with E-state index in [4.69, 9.17) is 9.52 Å². The maximum absolute atomic E-state index is 11.6. The summed E-state index contributed by atoms with van der Waals surface area (Å²) >= 11 is 0. The van der Waals surface area contributed by atoms with E-state index >= 15 is 0 Å². The summed E-state index contributed by atoms with van der Waals surface area (Å²) in [5.74, 6) is -1.21. The monoisotopic (exact) mass is 249 g/mol. The van der Waals surface area contributed by atoms with E-state index in [1.54, 1.807) is 13.2 Å². The Hall–Kier alpha value is -2.57. The lowest BCUT2D eigenvalue weighted by Gasteiger charge is -2.00. The number of hydrogen-bond acceptors (Lipinski definition) is 4. The summed E-state index contributed by atoms with van der Waals surface area (Å²) in [5, 5.41) is 15.1. The van der Waals surface area contributed by atoms with E-state index in [9.17, 15) is 9.59 Å². The number of amides is 1. The number of carbonyl (C=O) groups excluding carboxylic acids is 1. The van der Waals surface area contributed by atoms with Crippen LogP contribution in [-0.4, -0.2) is 26.8 Å². The van der Waals surface area contributed by atoms with Crippen molar-refractivity contribution in [3.05, 3.63) is 41.6 Å². The first kappa shape index (κ1) is 11.9. The number of carboxylic acids is 1. The molecule has 2 aromatic heterocycles. The van der Waals surface area contributed by atoms with Crippen molar-refractivity contribution < 1.29 is 19.1 Å². The summed E-state index contributed by atoms with van der Waals surface area (Å²) in [6.07, 6.45) is 3.03. The van der Waals surface area contributed by atoms with E-state index in [0.717, 1.165) is 0 Å². The number of hydrogen-bond donors (Lipinski definition) is 2. The fourth-order valence-electron chi connectivity index (χ4n) is 1.40. The normalized spacial score (nSPS) is 10.3. The van der Waals surface area contributed by atoms with Gasteiger partial charge in [-0.1, -0.05) is 0 Å². The van der Waals surface area contributed by atoms with Crippen molar-refractivity contribution >= 4 is 11.9 Å². The minimum absolute atomic E-state index is 0.126. The molecule has 94 valence electrons. The number of carboxylic acid groups (broad SMARTS) is 1. The van der Waals surface area contributed by atoms with E-state index in [1.165, 1.54) is 23.0 Å². The molecule has 0 fully saturated rings. The molecule has 2 heterocycles. The van der Waals surface area contributed by atoms with Crippen molar-refractivity contribution in [3.63, 3.8) is 0 Å². The van der Waals surface area contributed by atoms with Crippen LogP contribution in [0.3, 0.4) is 0 Å². The average molecular weight is 249 g/mol. The second-order valence-corrected chi connectivity index (χ2v) is 3.66. The van der Waals surface area contributed by atoms with Crippen molar-refractivity contribution in [1.29, 1.82) is 0 Å². The van der Waals surface area contributed by atoms with E-state index in [-0.39, 0.29) is 18.2 Å². The lowest BCUT2D eigenvalue weighted by Crippen LogP contribution is -2.22. The highest BCUT2D eigenvalue weighted by atomic mass is 16.4. The topological polar surface area (TPSA) is 97.4 Å². The molecule has 1 amide bonds. The first-order valence-corrected chi connectivity index (χ1v) is 5.15. The molecule has 0 aliphatic rings. The molecule has 7 nitrogen and oxygen atoms in total. The highest BCUT2D eigenvalue weighted by Crippen LogP contribution is 2.07. The summed E-state index contributed by atoms with van der Waals surface area (Å²) in [6, 6.07) is 2.85. The Morgan fingerprint density at radius 3 is 2.83 bits per heavy atom. The van der Waals surface area contributed by atoms with Crippen LogP contribution in [0, 0.1) is 0 Å². The van der Waals surface area contributed by atoms with Crippen molar-refractivity contribution in [2.45, 2.75) is 6.54 Å². The number of nitrogens with zero attached hydrogens (tertiary/aromatic N) is 2. The number of nitrogens with one attached hydrogen (secondary N) is 1. The molecule has 0 aliphatic heterocycles. The van der Waals surface area contributed by atoms with Crippen LogP contribution in [0.25, 0.3) is 0 Å². The van der Waals surface area contributed by atoms with Gasteiger partial charge in [0, 0.05) is 13.2 Å². The number of carbonyl (C=O) groups is 2. The molecule has 0 radical (unpaired) electrons. The zero-order valence-electron chi connectivity index (χ0n) is 9.58. The van der Waals surface area contributed by atoms with Crippen LogP contribution >= 0.6 is 0 Å². The number of furan rings is 1. The zero-order valence-corrected chi connectivity index (χ0v) is 9.58. The third-order valence-corrected chi connectivity index (χ3v) is 2.26. The molecule has 2 aromatic rings. The van der Waals surface area contributed by atoms with Crippen molar-refractivity contribution in [2.75, 3.05) is 0 Å². The third-order valence-electron chi connectivity index (χ3n) is 2.26. The molecule has 0 unspecified atom stereocenters. The maximum Gasteiger partial charge on any atom is 0.371 e. The second-order valence-electron chi connectivity index (χ2n) is 3.66. The predicted molar refractivity (Wildman–Crippen MR) is 60.0 cm³/mol. The molecule has 0 aliphatic carbocycles. The van der Waals surface area contributed by atoms with Gasteiger partial charge in [0.05, 0.1) is 18.3 Å². The van der Waals surface area contributed by atoms with Gasteiger partial charge in [-0.05, 0) is 12.1 Å². The molecule has 0 atom stereocenters. The molecule has 18 heavy (non-hydrogen) atoms. The summed E-state index contributed by atoms with van der Waals surface area (Å²) in [7, 11) is 1.71. The smallest absolute Gasteiger partial charge is 0.371 e. The number of rotatable bonds is 4. The summed E-state index contributed by atoms with van der Waals surface area (Å²) < 4.78 is 6.52. The number of aromatic nitrogens is 2. The molecule has 0 saturated carbocycles. The van der Waals surface area contributed by atoms with Crippen LogP contribution < -0.4 is 5.32 Å². The summed E-state index contributed by atoms with van der Waals surface area (Å²) in [4.78, 5) is 22.2. The van der Waals surface area contributed by atoms with Gasteiger partial charge in [0.2, 0.25) is 5.76 Å². The summed E-state index contributed by atoms with van der Waals surface area (Å²) in [6.45, 7) is 0.126. The minimum Gasteiger partial charge on any atom is -0.475 e. The molecular formula is C11H11N3O4. The lowest BCUT2D eigenvalue weighted by atomic mass is 10.3. The minimum atomic E-state index is -1.14. The number of aryl methyl sites for hydroxylation is 1. The Morgan fingerprint density at radius 1 is 1.50 bits per heavy atom. The Labute approximate surface area is 102 Å². The van der Waals surface area contributed by atoms with Crippen LogP contribution in [0.4, 0.5) is 0 Å². The first-order valence-electron chi connectivity index (χ1n) is 5.15. The second kappa shape index (κ2) is 4.74. The molecule has 7 heteroatoms. The van der Waals surface area contributed by atoms with Gasteiger partial charge in [0.25, 0.3) is 5.91 Å². The Morgan fingerprint density at radius 2 is 2.28 bits per heavy atom. The first-order chi connectivity index (χ1) is 8.56. The SMILES string of the molecule is Cn1cc(C(=O)NCc2ccc(C(=O)O)o2)cn1. The van der Waals surface area contributed by atoms with Crippen LogP contribution in [-0.2, 0) is 13.6 Å². The van der Waals surface area contributed by atoms with Crippen LogP contribution in [0.5, 0.6) is 0 Å². The van der Waals surface area contributed by atoms with Gasteiger partial charge in [0.15, 0.2) is 0 Å². The van der Waals surface area contributed by atoms with Crippen LogP contribution in [0.2, 0.25) is 0 Å². The van der Waals surface area contributed by atoms with Crippen LogP contribution in [0.1, 0.15) is 26.7 Å². The highest BCUT2D eigenvalue weighted by molar-refractivity contribution is 5.93. The molecule has 0 saturated heterocycles. The molecule has 0 spiro atoms. The highest BCUT2D eigenvalue weighted by Gasteiger charge is 2.11. The fourth-order valence-corrected chi connectivity index (χ4v) is 1.40. The van der Waals surface area contributed by atoms with Gasteiger partial charge in [-0.25, -0.2) is 4.79 Å². The lowest BCUT2D eigenvalue weighted by molar-refractivity contribution is 0.0660. The van der Waals surface area contributed by atoms with E-state index < -0.39 is 5.97 Å². The molecular weight excluding hydrogens is 238 g/mol. The number of aromatic carboxylic acids is 1. The predicted octanol–water partition coefficient (Wildman–Crippen LogP) is 0.641. The van der Waals surface area contributed by atoms with Gasteiger partial charge in [0.1, 0.15) is 5.76 Å². The van der Waals surface area contributed by atoms with Crippen molar-refractivity contribution in [1.82, 2.24) is 15.1 Å².